The van der Waals surface area contributed by atoms with Gasteiger partial charge < -0.3 is 15.0 Å². The van der Waals surface area contributed by atoms with Crippen LogP contribution in [0.4, 0.5) is 4.79 Å². The van der Waals surface area contributed by atoms with E-state index in [-0.39, 0.29) is 6.09 Å². The minimum atomic E-state index is -0.433. The molecule has 1 saturated heterocycles. The van der Waals surface area contributed by atoms with E-state index < -0.39 is 5.60 Å². The molecule has 22 heavy (non-hydrogen) atoms. The van der Waals surface area contributed by atoms with E-state index >= 15 is 0 Å². The number of fused-ring (bicyclic) bond motifs is 1. The van der Waals surface area contributed by atoms with Crippen molar-refractivity contribution in [3.63, 3.8) is 0 Å². The summed E-state index contributed by atoms with van der Waals surface area (Å²) in [6.07, 6.45) is 2.12. The topological polar surface area (TPSA) is 41.6 Å². The Hall–Kier alpha value is -1.55. The molecular formula is C18H26N2O2. The molecule has 1 aromatic carbocycles. The number of hydrogen-bond donors (Lipinski definition) is 1. The highest BCUT2D eigenvalue weighted by atomic mass is 16.6. The van der Waals surface area contributed by atoms with Crippen LogP contribution in [0.25, 0.3) is 0 Å². The average Bonchev–Trinajstić information content (AvgIpc) is 2.89. The Morgan fingerprint density at radius 2 is 2.09 bits per heavy atom. The predicted molar refractivity (Wildman–Crippen MR) is 87.1 cm³/mol. The van der Waals surface area contributed by atoms with E-state index in [0.29, 0.717) is 12.0 Å². The number of amides is 1. The quantitative estimate of drug-likeness (QED) is 0.867. The second kappa shape index (κ2) is 5.92. The van der Waals surface area contributed by atoms with Gasteiger partial charge in [0.2, 0.25) is 0 Å². The zero-order chi connectivity index (χ0) is 15.7. The molecule has 1 aliphatic carbocycles. The SMILES string of the molecule is CC(C)(C)OC(=O)N1CCNC(C2CCc3ccccc32)C1. The van der Waals surface area contributed by atoms with Gasteiger partial charge in [-0.3, -0.25) is 0 Å². The van der Waals surface area contributed by atoms with Crippen LogP contribution in [0.5, 0.6) is 0 Å². The summed E-state index contributed by atoms with van der Waals surface area (Å²) in [5.74, 6) is 0.501. The molecule has 0 bridgehead atoms. The van der Waals surface area contributed by atoms with E-state index in [1.165, 1.54) is 17.5 Å². The van der Waals surface area contributed by atoms with Crippen molar-refractivity contribution in [1.29, 1.82) is 0 Å². The summed E-state index contributed by atoms with van der Waals surface area (Å²) in [5.41, 5.74) is 2.48. The largest absolute Gasteiger partial charge is 0.444 e. The van der Waals surface area contributed by atoms with Crippen molar-refractivity contribution in [2.75, 3.05) is 19.6 Å². The molecule has 0 radical (unpaired) electrons. The van der Waals surface area contributed by atoms with Gasteiger partial charge in [-0.2, -0.15) is 0 Å². The first-order valence-electron chi connectivity index (χ1n) is 8.23. The van der Waals surface area contributed by atoms with Gasteiger partial charge in [0.25, 0.3) is 0 Å². The van der Waals surface area contributed by atoms with Gasteiger partial charge in [-0.15, -0.1) is 0 Å². The third kappa shape index (κ3) is 3.27. The van der Waals surface area contributed by atoms with Crippen LogP contribution in [0.3, 0.4) is 0 Å². The van der Waals surface area contributed by atoms with Gasteiger partial charge >= 0.3 is 6.09 Å². The van der Waals surface area contributed by atoms with E-state index in [2.05, 4.69) is 29.6 Å². The van der Waals surface area contributed by atoms with Gasteiger partial charge in [0, 0.05) is 31.6 Å². The molecule has 1 heterocycles. The fourth-order valence-electron chi connectivity index (χ4n) is 3.55. The molecule has 4 nitrogen and oxygen atoms in total. The zero-order valence-electron chi connectivity index (χ0n) is 13.8. The van der Waals surface area contributed by atoms with Crippen molar-refractivity contribution in [3.05, 3.63) is 35.4 Å². The second-order valence-corrected chi connectivity index (χ2v) is 7.33. The van der Waals surface area contributed by atoms with Crippen molar-refractivity contribution < 1.29 is 9.53 Å². The van der Waals surface area contributed by atoms with Crippen molar-refractivity contribution >= 4 is 6.09 Å². The molecular weight excluding hydrogens is 276 g/mol. The number of carbonyl (C=O) groups is 1. The Bertz CT molecular complexity index is 550. The minimum Gasteiger partial charge on any atom is -0.444 e. The lowest BCUT2D eigenvalue weighted by Crippen LogP contribution is -2.55. The number of benzene rings is 1. The standard InChI is InChI=1S/C18H26N2O2/c1-18(2,3)22-17(21)20-11-10-19-16(12-20)15-9-8-13-6-4-5-7-14(13)15/h4-7,15-16,19H,8-12H2,1-3H3. The molecule has 0 saturated carbocycles. The molecule has 4 heteroatoms. The highest BCUT2D eigenvalue weighted by Crippen LogP contribution is 2.36. The number of nitrogens with one attached hydrogen (secondary N) is 1. The first-order chi connectivity index (χ1) is 10.4. The fraction of sp³-hybridized carbons (Fsp3) is 0.611. The van der Waals surface area contributed by atoms with Crippen LogP contribution in [0.1, 0.15) is 44.2 Å². The Labute approximate surface area is 132 Å². The smallest absolute Gasteiger partial charge is 0.410 e. The molecule has 1 fully saturated rings. The average molecular weight is 302 g/mol. The first-order valence-corrected chi connectivity index (χ1v) is 8.23. The predicted octanol–water partition coefficient (Wildman–Crippen LogP) is 2.93. The molecule has 0 spiro atoms. The van der Waals surface area contributed by atoms with E-state index in [4.69, 9.17) is 4.74 Å². The maximum Gasteiger partial charge on any atom is 0.410 e. The van der Waals surface area contributed by atoms with Crippen molar-refractivity contribution in [2.45, 2.75) is 51.2 Å². The Balaban J connectivity index is 1.68. The fourth-order valence-corrected chi connectivity index (χ4v) is 3.55. The summed E-state index contributed by atoms with van der Waals surface area (Å²) < 4.78 is 5.52. The summed E-state index contributed by atoms with van der Waals surface area (Å²) in [6.45, 7) is 8.03. The molecule has 1 N–H and O–H groups in total. The van der Waals surface area contributed by atoms with Crippen LogP contribution in [-0.4, -0.2) is 42.3 Å². The normalized spacial score (nSPS) is 25.0. The molecule has 1 aliphatic heterocycles. The first kappa shape index (κ1) is 15.3. The molecule has 2 unspecified atom stereocenters. The van der Waals surface area contributed by atoms with Gasteiger partial charge in [-0.1, -0.05) is 24.3 Å². The number of hydrogen-bond acceptors (Lipinski definition) is 3. The molecule has 2 aliphatic rings. The van der Waals surface area contributed by atoms with E-state index in [0.717, 1.165) is 26.1 Å². The third-order valence-electron chi connectivity index (χ3n) is 4.52. The summed E-state index contributed by atoms with van der Waals surface area (Å²) in [6, 6.07) is 9.02. The number of piperazine rings is 1. The van der Waals surface area contributed by atoms with Gasteiger partial charge in [-0.25, -0.2) is 4.79 Å². The Kier molecular flexibility index (Phi) is 4.13. The summed E-state index contributed by atoms with van der Waals surface area (Å²) in [4.78, 5) is 14.2. The molecule has 2 atom stereocenters. The van der Waals surface area contributed by atoms with Crippen LogP contribution >= 0.6 is 0 Å². The van der Waals surface area contributed by atoms with Gasteiger partial charge in [0.05, 0.1) is 0 Å². The number of carbonyl (C=O) groups excluding carboxylic acids is 1. The van der Waals surface area contributed by atoms with Gasteiger partial charge in [-0.05, 0) is 44.7 Å². The lowest BCUT2D eigenvalue weighted by Gasteiger charge is -2.37. The Morgan fingerprint density at radius 1 is 1.32 bits per heavy atom. The lowest BCUT2D eigenvalue weighted by molar-refractivity contribution is 0.0186. The summed E-state index contributed by atoms with van der Waals surface area (Å²) in [5, 5.41) is 3.60. The molecule has 1 amide bonds. The number of nitrogens with zero attached hydrogens (tertiary/aromatic N) is 1. The van der Waals surface area contributed by atoms with Gasteiger partial charge in [0.15, 0.2) is 0 Å². The summed E-state index contributed by atoms with van der Waals surface area (Å²) >= 11 is 0. The van der Waals surface area contributed by atoms with Crippen LogP contribution in [0.2, 0.25) is 0 Å². The van der Waals surface area contributed by atoms with Gasteiger partial charge in [0.1, 0.15) is 5.60 Å². The molecule has 0 aromatic heterocycles. The van der Waals surface area contributed by atoms with Crippen LogP contribution in [0, 0.1) is 0 Å². The molecule has 3 rings (SSSR count). The number of aryl methyl sites for hydroxylation is 1. The maximum atomic E-state index is 12.3. The van der Waals surface area contributed by atoms with Crippen molar-refractivity contribution in [1.82, 2.24) is 10.2 Å². The van der Waals surface area contributed by atoms with Crippen LogP contribution < -0.4 is 5.32 Å². The monoisotopic (exact) mass is 302 g/mol. The van der Waals surface area contributed by atoms with Crippen molar-refractivity contribution in [3.8, 4) is 0 Å². The lowest BCUT2D eigenvalue weighted by atomic mass is 9.92. The summed E-state index contributed by atoms with van der Waals surface area (Å²) in [7, 11) is 0. The molecule has 1 aromatic rings. The van der Waals surface area contributed by atoms with Crippen LogP contribution in [0.15, 0.2) is 24.3 Å². The maximum absolute atomic E-state index is 12.3. The zero-order valence-corrected chi connectivity index (χ0v) is 13.8. The van der Waals surface area contributed by atoms with Crippen molar-refractivity contribution in [2.24, 2.45) is 0 Å². The Morgan fingerprint density at radius 3 is 2.86 bits per heavy atom. The third-order valence-corrected chi connectivity index (χ3v) is 4.52. The van der Waals surface area contributed by atoms with E-state index in [9.17, 15) is 4.79 Å². The number of rotatable bonds is 1. The molecule has 120 valence electrons. The van der Waals surface area contributed by atoms with Crippen LogP contribution in [-0.2, 0) is 11.2 Å². The second-order valence-electron chi connectivity index (χ2n) is 7.33. The number of ether oxygens (including phenoxy) is 1. The highest BCUT2D eigenvalue weighted by molar-refractivity contribution is 5.68. The highest BCUT2D eigenvalue weighted by Gasteiger charge is 2.34. The minimum absolute atomic E-state index is 0.190. The van der Waals surface area contributed by atoms with E-state index in [1.54, 1.807) is 0 Å². The van der Waals surface area contributed by atoms with E-state index in [1.807, 2.05) is 25.7 Å².